The number of nitrogens with zero attached hydrogens (tertiary/aromatic N) is 4. The van der Waals surface area contributed by atoms with Crippen LogP contribution in [0.25, 0.3) is 0 Å². The van der Waals surface area contributed by atoms with Gasteiger partial charge in [0.25, 0.3) is 0 Å². The maximum Gasteiger partial charge on any atom is 0.308 e. The number of aromatic nitrogens is 3. The molecule has 110 valence electrons. The van der Waals surface area contributed by atoms with E-state index in [4.69, 9.17) is 5.11 Å². The van der Waals surface area contributed by atoms with E-state index in [2.05, 4.69) is 21.9 Å². The summed E-state index contributed by atoms with van der Waals surface area (Å²) in [6.07, 6.45) is 3.56. The highest BCUT2D eigenvalue weighted by Crippen LogP contribution is 2.22. The molecule has 0 aromatic carbocycles. The van der Waals surface area contributed by atoms with Gasteiger partial charge in [0.2, 0.25) is 0 Å². The Hall–Kier alpha value is -1.43. The van der Waals surface area contributed by atoms with Crippen LogP contribution < -0.4 is 0 Å². The standard InChI is InChI=1S/C14H22N4O2/c1-2-17-6-5-10(8-17)7-12-15-13-4-3-11(14(19)20)9-18(13)16-12/h10-11H,2-9H2,1H3,(H,19,20). The lowest BCUT2D eigenvalue weighted by Gasteiger charge is -2.18. The van der Waals surface area contributed by atoms with Crippen molar-refractivity contribution < 1.29 is 9.90 Å². The average molecular weight is 278 g/mol. The molecule has 2 aliphatic heterocycles. The number of rotatable bonds is 4. The van der Waals surface area contributed by atoms with Crippen molar-refractivity contribution in [2.75, 3.05) is 19.6 Å². The molecule has 20 heavy (non-hydrogen) atoms. The van der Waals surface area contributed by atoms with Gasteiger partial charge < -0.3 is 10.0 Å². The minimum absolute atomic E-state index is 0.306. The average Bonchev–Trinajstić information content (AvgIpc) is 3.03. The Kier molecular flexibility index (Phi) is 3.74. The highest BCUT2D eigenvalue weighted by molar-refractivity contribution is 5.70. The molecule has 0 spiro atoms. The van der Waals surface area contributed by atoms with Crippen molar-refractivity contribution in [1.82, 2.24) is 19.7 Å². The summed E-state index contributed by atoms with van der Waals surface area (Å²) in [4.78, 5) is 18.1. The SMILES string of the molecule is CCN1CCC(Cc2nc3n(n2)CC(C(=O)O)CC3)C1. The Morgan fingerprint density at radius 3 is 2.95 bits per heavy atom. The van der Waals surface area contributed by atoms with E-state index < -0.39 is 5.97 Å². The van der Waals surface area contributed by atoms with Crippen LogP contribution in [-0.4, -0.2) is 50.4 Å². The van der Waals surface area contributed by atoms with E-state index >= 15 is 0 Å². The number of hydrogen-bond donors (Lipinski definition) is 1. The molecule has 2 aliphatic rings. The van der Waals surface area contributed by atoms with Gasteiger partial charge in [-0.2, -0.15) is 5.10 Å². The zero-order chi connectivity index (χ0) is 14.1. The minimum atomic E-state index is -0.720. The van der Waals surface area contributed by atoms with Crippen LogP contribution in [0.3, 0.4) is 0 Å². The zero-order valence-electron chi connectivity index (χ0n) is 12.0. The third kappa shape index (κ3) is 2.70. The van der Waals surface area contributed by atoms with Crippen molar-refractivity contribution in [2.45, 2.75) is 39.2 Å². The molecule has 2 unspecified atom stereocenters. The summed E-state index contributed by atoms with van der Waals surface area (Å²) < 4.78 is 1.81. The van der Waals surface area contributed by atoms with Gasteiger partial charge in [-0.3, -0.25) is 4.79 Å². The summed E-state index contributed by atoms with van der Waals surface area (Å²) in [5.41, 5.74) is 0. The second-order valence-electron chi connectivity index (χ2n) is 5.95. The molecule has 1 fully saturated rings. The van der Waals surface area contributed by atoms with Gasteiger partial charge in [0.05, 0.1) is 12.5 Å². The van der Waals surface area contributed by atoms with Gasteiger partial charge in [-0.05, 0) is 31.8 Å². The van der Waals surface area contributed by atoms with Gasteiger partial charge >= 0.3 is 5.97 Å². The van der Waals surface area contributed by atoms with E-state index in [9.17, 15) is 4.79 Å². The monoisotopic (exact) mass is 278 g/mol. The molecule has 1 N–H and O–H groups in total. The first kappa shape index (κ1) is 13.5. The Bertz CT molecular complexity index is 499. The van der Waals surface area contributed by atoms with Crippen LogP contribution in [0.5, 0.6) is 0 Å². The highest BCUT2D eigenvalue weighted by Gasteiger charge is 2.28. The zero-order valence-corrected chi connectivity index (χ0v) is 12.0. The molecular formula is C14H22N4O2. The predicted octanol–water partition coefficient (Wildman–Crippen LogP) is 0.809. The molecule has 2 atom stereocenters. The largest absolute Gasteiger partial charge is 0.481 e. The quantitative estimate of drug-likeness (QED) is 0.882. The van der Waals surface area contributed by atoms with Crippen LogP contribution >= 0.6 is 0 Å². The van der Waals surface area contributed by atoms with Crippen LogP contribution in [0.15, 0.2) is 0 Å². The van der Waals surface area contributed by atoms with Crippen molar-refractivity contribution in [3.8, 4) is 0 Å². The lowest BCUT2D eigenvalue weighted by atomic mass is 10.0. The number of fused-ring (bicyclic) bond motifs is 1. The molecule has 0 radical (unpaired) electrons. The topological polar surface area (TPSA) is 71.2 Å². The Morgan fingerprint density at radius 2 is 2.25 bits per heavy atom. The Balaban J connectivity index is 1.64. The molecule has 1 saturated heterocycles. The maximum absolute atomic E-state index is 11.1. The molecule has 3 heterocycles. The molecule has 0 amide bonds. The number of carboxylic acid groups (broad SMARTS) is 1. The van der Waals surface area contributed by atoms with Gasteiger partial charge in [0, 0.05) is 19.4 Å². The number of aryl methyl sites for hydroxylation is 1. The molecular weight excluding hydrogens is 256 g/mol. The van der Waals surface area contributed by atoms with E-state index in [1.165, 1.54) is 13.0 Å². The van der Waals surface area contributed by atoms with Crippen LogP contribution in [0.4, 0.5) is 0 Å². The van der Waals surface area contributed by atoms with E-state index in [0.717, 1.165) is 37.6 Å². The van der Waals surface area contributed by atoms with Gasteiger partial charge in [0.15, 0.2) is 5.82 Å². The van der Waals surface area contributed by atoms with E-state index in [0.29, 0.717) is 18.9 Å². The number of carbonyl (C=O) groups is 1. The first-order chi connectivity index (χ1) is 9.65. The third-order valence-corrected chi connectivity index (χ3v) is 4.54. The number of carboxylic acids is 1. The normalized spacial score (nSPS) is 26.6. The third-order valence-electron chi connectivity index (χ3n) is 4.54. The number of hydrogen-bond acceptors (Lipinski definition) is 4. The fourth-order valence-corrected chi connectivity index (χ4v) is 3.27. The number of aliphatic carboxylic acids is 1. The van der Waals surface area contributed by atoms with Crippen molar-refractivity contribution >= 4 is 5.97 Å². The summed E-state index contributed by atoms with van der Waals surface area (Å²) in [5.74, 6) is 1.48. The summed E-state index contributed by atoms with van der Waals surface area (Å²) in [7, 11) is 0. The van der Waals surface area contributed by atoms with Gasteiger partial charge in [-0.1, -0.05) is 6.92 Å². The van der Waals surface area contributed by atoms with Crippen molar-refractivity contribution in [2.24, 2.45) is 11.8 Å². The molecule has 0 saturated carbocycles. The van der Waals surface area contributed by atoms with Crippen molar-refractivity contribution in [3.05, 3.63) is 11.6 Å². The van der Waals surface area contributed by atoms with Gasteiger partial charge in [-0.15, -0.1) is 0 Å². The van der Waals surface area contributed by atoms with Crippen LogP contribution in [-0.2, 0) is 24.2 Å². The van der Waals surface area contributed by atoms with E-state index in [1.54, 1.807) is 0 Å². The fraction of sp³-hybridized carbons (Fsp3) is 0.786. The lowest BCUT2D eigenvalue weighted by Crippen LogP contribution is -2.27. The second-order valence-corrected chi connectivity index (χ2v) is 5.95. The molecule has 0 aliphatic carbocycles. The molecule has 0 bridgehead atoms. The van der Waals surface area contributed by atoms with Crippen LogP contribution in [0.1, 0.15) is 31.4 Å². The second kappa shape index (κ2) is 5.52. The van der Waals surface area contributed by atoms with E-state index in [1.807, 2.05) is 4.68 Å². The van der Waals surface area contributed by atoms with Crippen molar-refractivity contribution in [1.29, 1.82) is 0 Å². The lowest BCUT2D eigenvalue weighted by molar-refractivity contribution is -0.142. The minimum Gasteiger partial charge on any atom is -0.481 e. The molecule has 6 heteroatoms. The van der Waals surface area contributed by atoms with Gasteiger partial charge in [-0.25, -0.2) is 9.67 Å². The van der Waals surface area contributed by atoms with Crippen LogP contribution in [0.2, 0.25) is 0 Å². The summed E-state index contributed by atoms with van der Waals surface area (Å²) in [6, 6.07) is 0. The summed E-state index contributed by atoms with van der Waals surface area (Å²) in [5, 5.41) is 13.6. The summed E-state index contributed by atoms with van der Waals surface area (Å²) >= 11 is 0. The number of likely N-dealkylation sites (tertiary alicyclic amines) is 1. The molecule has 3 rings (SSSR count). The molecule has 1 aromatic rings. The predicted molar refractivity (Wildman–Crippen MR) is 73.4 cm³/mol. The van der Waals surface area contributed by atoms with Gasteiger partial charge in [0.1, 0.15) is 5.82 Å². The smallest absolute Gasteiger partial charge is 0.308 e. The van der Waals surface area contributed by atoms with E-state index in [-0.39, 0.29) is 5.92 Å². The Morgan fingerprint density at radius 1 is 1.40 bits per heavy atom. The fourth-order valence-electron chi connectivity index (χ4n) is 3.27. The molecule has 1 aromatic heterocycles. The Labute approximate surface area is 118 Å². The summed E-state index contributed by atoms with van der Waals surface area (Å²) in [6.45, 7) is 6.10. The molecule has 6 nitrogen and oxygen atoms in total. The maximum atomic E-state index is 11.1. The van der Waals surface area contributed by atoms with Crippen LogP contribution in [0, 0.1) is 11.8 Å². The first-order valence-electron chi connectivity index (χ1n) is 7.53. The first-order valence-corrected chi connectivity index (χ1v) is 7.53. The van der Waals surface area contributed by atoms with Crippen molar-refractivity contribution in [3.63, 3.8) is 0 Å². The highest BCUT2D eigenvalue weighted by atomic mass is 16.4.